The molecule has 1 amide bonds. The van der Waals surface area contributed by atoms with E-state index in [0.717, 1.165) is 12.8 Å². The van der Waals surface area contributed by atoms with E-state index in [9.17, 15) is 4.79 Å². The molecule has 0 unspecified atom stereocenters. The number of carbonyl (C=O) groups is 1. The second kappa shape index (κ2) is 2.16. The average Bonchev–Trinajstić information content (AvgIpc) is 1.64. The summed E-state index contributed by atoms with van der Waals surface area (Å²) in [6.07, 6.45) is 3.07. The number of carbonyl (C=O) groups excluding carboxylic acids is 1. The number of hydrogen-bond acceptors (Lipinski definition) is 1. The minimum atomic E-state index is 0.212. The number of rotatable bonds is 2. The van der Waals surface area contributed by atoms with Gasteiger partial charge in [0.2, 0.25) is 5.91 Å². The van der Waals surface area contributed by atoms with Gasteiger partial charge in [0.15, 0.2) is 0 Å². The Bertz CT molecular complexity index is 92.7. The molecule has 1 fully saturated rings. The fraction of sp³-hybridized carbons (Fsp3) is 0.833. The van der Waals surface area contributed by atoms with Crippen LogP contribution in [0.2, 0.25) is 0 Å². The Morgan fingerprint density at radius 1 is 1.88 bits per heavy atom. The molecule has 0 aromatic heterocycles. The molecule has 1 heterocycles. The highest BCUT2D eigenvalue weighted by Gasteiger charge is 2.23. The topological polar surface area (TPSA) is 29.1 Å². The van der Waals surface area contributed by atoms with Crippen molar-refractivity contribution in [3.05, 3.63) is 0 Å². The average molecular weight is 113 g/mol. The molecule has 46 valence electrons. The standard InChI is InChI=1S/C6H11NO/c1-2-3-5-4-6(8)7-5/h5H,2-4H2,1H3,(H,7,8)/t5-/m1/s1. The summed E-state index contributed by atoms with van der Waals surface area (Å²) in [5.41, 5.74) is 0. The molecule has 0 bridgehead atoms. The van der Waals surface area contributed by atoms with Crippen LogP contribution >= 0.6 is 0 Å². The van der Waals surface area contributed by atoms with E-state index in [0.29, 0.717) is 6.04 Å². The van der Waals surface area contributed by atoms with E-state index < -0.39 is 0 Å². The molecular weight excluding hydrogens is 102 g/mol. The molecule has 8 heavy (non-hydrogen) atoms. The molecule has 0 radical (unpaired) electrons. The molecule has 0 spiro atoms. The first-order chi connectivity index (χ1) is 3.83. The molecule has 2 nitrogen and oxygen atoms in total. The van der Waals surface area contributed by atoms with Crippen LogP contribution in [-0.2, 0) is 4.79 Å². The molecule has 2 heteroatoms. The normalized spacial score (nSPS) is 26.6. The van der Waals surface area contributed by atoms with Crippen LogP contribution in [0.1, 0.15) is 26.2 Å². The lowest BCUT2D eigenvalue weighted by atomic mass is 10.0. The van der Waals surface area contributed by atoms with Crippen LogP contribution in [0.5, 0.6) is 0 Å². The van der Waals surface area contributed by atoms with Crippen LogP contribution in [0.15, 0.2) is 0 Å². The lowest BCUT2D eigenvalue weighted by molar-refractivity contribution is -0.128. The zero-order chi connectivity index (χ0) is 5.98. The fourth-order valence-electron chi connectivity index (χ4n) is 0.953. The molecule has 1 atom stereocenters. The highest BCUT2D eigenvalue weighted by atomic mass is 16.2. The van der Waals surface area contributed by atoms with Gasteiger partial charge < -0.3 is 5.32 Å². The van der Waals surface area contributed by atoms with Gasteiger partial charge in [-0.2, -0.15) is 0 Å². The van der Waals surface area contributed by atoms with Gasteiger partial charge in [0.1, 0.15) is 0 Å². The van der Waals surface area contributed by atoms with Crippen molar-refractivity contribution in [2.24, 2.45) is 0 Å². The first kappa shape index (κ1) is 5.60. The quantitative estimate of drug-likeness (QED) is 0.524. The van der Waals surface area contributed by atoms with Gasteiger partial charge in [-0.15, -0.1) is 0 Å². The monoisotopic (exact) mass is 113 g/mol. The molecule has 1 aliphatic heterocycles. The van der Waals surface area contributed by atoms with Gasteiger partial charge in [-0.3, -0.25) is 4.79 Å². The van der Waals surface area contributed by atoms with Crippen LogP contribution in [-0.4, -0.2) is 11.9 Å². The van der Waals surface area contributed by atoms with Gasteiger partial charge in [-0.25, -0.2) is 0 Å². The maximum Gasteiger partial charge on any atom is 0.222 e. The van der Waals surface area contributed by atoms with E-state index in [-0.39, 0.29) is 5.91 Å². The molecule has 1 aliphatic rings. The second-order valence-electron chi connectivity index (χ2n) is 2.26. The first-order valence-corrected chi connectivity index (χ1v) is 3.12. The molecule has 0 aromatic carbocycles. The third-order valence-corrected chi connectivity index (χ3v) is 1.43. The van der Waals surface area contributed by atoms with E-state index in [2.05, 4.69) is 12.2 Å². The SMILES string of the molecule is CCC[C@@H]1CC(=O)N1. The maximum absolute atomic E-state index is 10.3. The number of amides is 1. The largest absolute Gasteiger partial charge is 0.353 e. The number of nitrogens with one attached hydrogen (secondary N) is 1. The van der Waals surface area contributed by atoms with Crippen molar-refractivity contribution in [2.75, 3.05) is 0 Å². The zero-order valence-corrected chi connectivity index (χ0v) is 5.11. The lowest BCUT2D eigenvalue weighted by Crippen LogP contribution is -2.48. The summed E-state index contributed by atoms with van der Waals surface area (Å²) in [6, 6.07) is 0.507. The Labute approximate surface area is 49.3 Å². The molecule has 0 aromatic rings. The summed E-state index contributed by atoms with van der Waals surface area (Å²) >= 11 is 0. The Balaban J connectivity index is 2.06. The molecular formula is C6H11NO. The minimum absolute atomic E-state index is 0.212. The van der Waals surface area contributed by atoms with Crippen molar-refractivity contribution in [2.45, 2.75) is 32.2 Å². The van der Waals surface area contributed by atoms with Crippen LogP contribution in [0.25, 0.3) is 0 Å². The van der Waals surface area contributed by atoms with Gasteiger partial charge in [-0.05, 0) is 6.42 Å². The maximum atomic E-state index is 10.3. The first-order valence-electron chi connectivity index (χ1n) is 3.12. The van der Waals surface area contributed by atoms with Crippen molar-refractivity contribution in [3.8, 4) is 0 Å². The Morgan fingerprint density at radius 2 is 2.50 bits per heavy atom. The Kier molecular flexibility index (Phi) is 1.51. The third-order valence-electron chi connectivity index (χ3n) is 1.43. The zero-order valence-electron chi connectivity index (χ0n) is 5.11. The highest BCUT2D eigenvalue weighted by Crippen LogP contribution is 2.09. The molecule has 0 aliphatic carbocycles. The predicted molar refractivity (Wildman–Crippen MR) is 31.5 cm³/mol. The number of β-lactam (4-membered cyclic amide) rings is 1. The van der Waals surface area contributed by atoms with Crippen LogP contribution < -0.4 is 5.32 Å². The van der Waals surface area contributed by atoms with Crippen molar-refractivity contribution in [1.29, 1.82) is 0 Å². The third kappa shape index (κ3) is 0.997. The molecule has 1 saturated heterocycles. The van der Waals surface area contributed by atoms with Crippen LogP contribution in [0.3, 0.4) is 0 Å². The van der Waals surface area contributed by atoms with Gasteiger partial charge in [-0.1, -0.05) is 13.3 Å². The number of hydrogen-bond donors (Lipinski definition) is 1. The smallest absolute Gasteiger partial charge is 0.222 e. The Hall–Kier alpha value is -0.530. The summed E-state index contributed by atoms with van der Waals surface area (Å²) in [5, 5.41) is 2.80. The van der Waals surface area contributed by atoms with Crippen molar-refractivity contribution in [3.63, 3.8) is 0 Å². The Morgan fingerprint density at radius 3 is 2.88 bits per heavy atom. The van der Waals surface area contributed by atoms with E-state index in [1.54, 1.807) is 0 Å². The summed E-state index contributed by atoms with van der Waals surface area (Å²) in [6.45, 7) is 2.13. The van der Waals surface area contributed by atoms with Gasteiger partial charge in [0.25, 0.3) is 0 Å². The summed E-state index contributed by atoms with van der Waals surface area (Å²) in [4.78, 5) is 10.3. The van der Waals surface area contributed by atoms with Crippen molar-refractivity contribution in [1.82, 2.24) is 5.32 Å². The fourth-order valence-corrected chi connectivity index (χ4v) is 0.953. The van der Waals surface area contributed by atoms with Crippen molar-refractivity contribution >= 4 is 5.91 Å². The van der Waals surface area contributed by atoms with Crippen molar-refractivity contribution < 1.29 is 4.79 Å². The second-order valence-corrected chi connectivity index (χ2v) is 2.26. The summed E-state index contributed by atoms with van der Waals surface area (Å²) in [7, 11) is 0. The predicted octanol–water partition coefficient (Wildman–Crippen LogP) is 0.675. The van der Waals surface area contributed by atoms with E-state index in [1.807, 2.05) is 0 Å². The molecule has 1 rings (SSSR count). The highest BCUT2D eigenvalue weighted by molar-refractivity contribution is 5.82. The van der Waals surface area contributed by atoms with E-state index >= 15 is 0 Å². The molecule has 1 N–H and O–H groups in total. The van der Waals surface area contributed by atoms with Crippen LogP contribution in [0.4, 0.5) is 0 Å². The van der Waals surface area contributed by atoms with Crippen LogP contribution in [0, 0.1) is 0 Å². The van der Waals surface area contributed by atoms with E-state index in [4.69, 9.17) is 0 Å². The van der Waals surface area contributed by atoms with Gasteiger partial charge >= 0.3 is 0 Å². The summed E-state index contributed by atoms with van der Waals surface area (Å²) in [5.74, 6) is 0.212. The molecule has 0 saturated carbocycles. The lowest BCUT2D eigenvalue weighted by Gasteiger charge is -2.25. The van der Waals surface area contributed by atoms with Gasteiger partial charge in [0.05, 0.1) is 0 Å². The minimum Gasteiger partial charge on any atom is -0.353 e. The van der Waals surface area contributed by atoms with Gasteiger partial charge in [0, 0.05) is 12.5 Å². The summed E-state index contributed by atoms with van der Waals surface area (Å²) < 4.78 is 0. The van der Waals surface area contributed by atoms with E-state index in [1.165, 1.54) is 6.42 Å².